The first-order valence-electron chi connectivity index (χ1n) is 14.8. The van der Waals surface area contributed by atoms with Crippen molar-refractivity contribution >= 4 is 44.4 Å². The summed E-state index contributed by atoms with van der Waals surface area (Å²) in [6, 6.07) is 11.5. The number of para-hydroxylation sites is 1. The van der Waals surface area contributed by atoms with Crippen molar-refractivity contribution < 1.29 is 32.3 Å². The zero-order chi connectivity index (χ0) is 35.2. The molecule has 4 aromatic rings. The van der Waals surface area contributed by atoms with Crippen LogP contribution in [0.1, 0.15) is 52.1 Å². The minimum absolute atomic E-state index is 0.00344. The molecule has 0 aliphatic rings. The van der Waals surface area contributed by atoms with E-state index in [1.54, 1.807) is 45.0 Å². The fourth-order valence-corrected chi connectivity index (χ4v) is 6.12. The van der Waals surface area contributed by atoms with E-state index in [0.717, 1.165) is 17.2 Å². The van der Waals surface area contributed by atoms with Crippen LogP contribution in [0.15, 0.2) is 64.3 Å². The number of carboxylic acid groups (broad SMARTS) is 1. The molecule has 1 unspecified atom stereocenters. The summed E-state index contributed by atoms with van der Waals surface area (Å²) in [6.45, 7) is 5.11. The molecule has 1 atom stereocenters. The summed E-state index contributed by atoms with van der Waals surface area (Å²) in [5.74, 6) is -1.04. The lowest BCUT2D eigenvalue weighted by atomic mass is 10.0. The molecule has 0 aliphatic carbocycles. The molecule has 48 heavy (non-hydrogen) atoms. The predicted octanol–water partition coefficient (Wildman–Crippen LogP) is 3.49. The van der Waals surface area contributed by atoms with Gasteiger partial charge in [-0.15, -0.1) is 6.42 Å². The third-order valence-corrected chi connectivity index (χ3v) is 8.94. The minimum atomic E-state index is -4.12. The molecule has 12 nitrogen and oxygen atoms in total. The Balaban J connectivity index is 1.50. The van der Waals surface area contributed by atoms with Crippen molar-refractivity contribution in [3.05, 3.63) is 98.8 Å². The molecule has 14 heteroatoms. The van der Waals surface area contributed by atoms with Gasteiger partial charge in [-0.25, -0.2) is 27.3 Å². The number of benzene rings is 3. The third-order valence-electron chi connectivity index (χ3n) is 7.55. The topological polar surface area (TPSA) is 179 Å². The van der Waals surface area contributed by atoms with Gasteiger partial charge in [0.25, 0.3) is 21.5 Å². The van der Waals surface area contributed by atoms with E-state index in [1.807, 2.05) is 4.72 Å². The highest BCUT2D eigenvalue weighted by Crippen LogP contribution is 2.28. The molecule has 250 valence electrons. The van der Waals surface area contributed by atoms with Crippen LogP contribution in [0, 0.1) is 38.9 Å². The number of rotatable bonds is 13. The summed E-state index contributed by atoms with van der Waals surface area (Å²) >= 11 is 0. The SMILES string of the molecule is C#CCN(Cc1cc2c(=O)[nH]c(C)nc2cc1C)c1c(F)cccc1C(=O)NC(CCCC(=O)NS(=O)(=O)c1ccc(C)cc1)C(=O)O. The largest absolute Gasteiger partial charge is 0.480 e. The fourth-order valence-electron chi connectivity index (χ4n) is 5.11. The molecular formula is C34H34FN5O7S. The molecule has 1 aromatic heterocycles. The number of amides is 2. The van der Waals surface area contributed by atoms with Gasteiger partial charge in [0.15, 0.2) is 0 Å². The van der Waals surface area contributed by atoms with E-state index in [9.17, 15) is 32.7 Å². The summed E-state index contributed by atoms with van der Waals surface area (Å²) in [5.41, 5.74) is 1.97. The average molecular weight is 676 g/mol. The van der Waals surface area contributed by atoms with Crippen LogP contribution in [0.25, 0.3) is 10.9 Å². The summed E-state index contributed by atoms with van der Waals surface area (Å²) in [7, 11) is -4.12. The van der Waals surface area contributed by atoms with Gasteiger partial charge in [0.1, 0.15) is 17.7 Å². The second-order valence-electron chi connectivity index (χ2n) is 11.2. The van der Waals surface area contributed by atoms with E-state index in [-0.39, 0.29) is 54.1 Å². The molecule has 0 radical (unpaired) electrons. The Bertz CT molecular complexity index is 2090. The summed E-state index contributed by atoms with van der Waals surface area (Å²) in [4.78, 5) is 58.8. The van der Waals surface area contributed by atoms with Crippen molar-refractivity contribution in [2.24, 2.45) is 0 Å². The zero-order valence-electron chi connectivity index (χ0n) is 26.5. The number of aromatic amines is 1. The number of halogens is 1. The van der Waals surface area contributed by atoms with Crippen LogP contribution in [0.2, 0.25) is 0 Å². The van der Waals surface area contributed by atoms with E-state index in [0.29, 0.717) is 22.3 Å². The number of carbonyl (C=O) groups is 3. The quantitative estimate of drug-likeness (QED) is 0.154. The molecule has 0 bridgehead atoms. The van der Waals surface area contributed by atoms with Crippen LogP contribution < -0.4 is 20.5 Å². The van der Waals surface area contributed by atoms with E-state index in [2.05, 4.69) is 21.2 Å². The van der Waals surface area contributed by atoms with Gasteiger partial charge in [-0.1, -0.05) is 29.7 Å². The lowest BCUT2D eigenvalue weighted by Gasteiger charge is -2.27. The number of carbonyl (C=O) groups excluding carboxylic acids is 2. The van der Waals surface area contributed by atoms with E-state index in [1.165, 1.54) is 29.2 Å². The van der Waals surface area contributed by atoms with Gasteiger partial charge in [0, 0.05) is 13.0 Å². The molecular weight excluding hydrogens is 641 g/mol. The normalized spacial score (nSPS) is 11.8. The van der Waals surface area contributed by atoms with E-state index in [4.69, 9.17) is 6.42 Å². The highest BCUT2D eigenvalue weighted by Gasteiger charge is 2.26. The predicted molar refractivity (Wildman–Crippen MR) is 177 cm³/mol. The van der Waals surface area contributed by atoms with Gasteiger partial charge >= 0.3 is 5.97 Å². The summed E-state index contributed by atoms with van der Waals surface area (Å²) < 4.78 is 42.4. The first kappa shape index (κ1) is 35.3. The average Bonchev–Trinajstić information content (AvgIpc) is 3.00. The summed E-state index contributed by atoms with van der Waals surface area (Å²) in [6.07, 6.45) is 4.97. The number of H-pyrrole nitrogens is 1. The maximum atomic E-state index is 15.4. The van der Waals surface area contributed by atoms with Crippen LogP contribution in [0.5, 0.6) is 0 Å². The second kappa shape index (κ2) is 14.9. The molecule has 0 aliphatic heterocycles. The highest BCUT2D eigenvalue weighted by atomic mass is 32.2. The number of nitrogens with one attached hydrogen (secondary N) is 3. The van der Waals surface area contributed by atoms with Crippen LogP contribution in [0.4, 0.5) is 10.1 Å². The lowest BCUT2D eigenvalue weighted by molar-refractivity contribution is -0.139. The number of terminal acetylenes is 1. The number of hydrogen-bond acceptors (Lipinski definition) is 8. The Morgan fingerprint density at radius 2 is 1.81 bits per heavy atom. The Morgan fingerprint density at radius 3 is 2.48 bits per heavy atom. The van der Waals surface area contributed by atoms with Crippen molar-refractivity contribution in [2.75, 3.05) is 11.4 Å². The number of sulfonamides is 1. The van der Waals surface area contributed by atoms with Gasteiger partial charge in [-0.3, -0.25) is 14.4 Å². The van der Waals surface area contributed by atoms with Crippen LogP contribution in [-0.4, -0.2) is 53.9 Å². The number of nitrogens with zero attached hydrogens (tertiary/aromatic N) is 2. The monoisotopic (exact) mass is 675 g/mol. The molecule has 0 spiro atoms. The number of anilines is 1. The number of hydrogen-bond donors (Lipinski definition) is 4. The standard InChI is InChI=1S/C34H34FN5O7S/c1-5-16-40(19-23-18-26-29(17-21(23)3)36-22(4)37-33(26)43)31-25(8-6-9-27(31)35)32(42)38-28(34(44)45)10-7-11-30(41)39-48(46,47)24-14-12-20(2)13-15-24/h1,6,8-9,12-15,17-18,28H,7,10-11,16,19H2,2-4H3,(H,38,42)(H,39,41)(H,44,45)(H,36,37,43). The van der Waals surface area contributed by atoms with Crippen molar-refractivity contribution in [3.63, 3.8) is 0 Å². The Kier molecular flexibility index (Phi) is 11.0. The number of aryl methyl sites for hydroxylation is 3. The third kappa shape index (κ3) is 8.42. The van der Waals surface area contributed by atoms with Crippen LogP contribution in [0.3, 0.4) is 0 Å². The van der Waals surface area contributed by atoms with E-state index < -0.39 is 39.7 Å². The number of aliphatic carboxylic acids is 1. The van der Waals surface area contributed by atoms with Crippen molar-refractivity contribution in [3.8, 4) is 12.3 Å². The number of carboxylic acids is 1. The number of fused-ring (bicyclic) bond motifs is 1. The Hall–Kier alpha value is -5.55. The Labute approximate surface area is 276 Å². The van der Waals surface area contributed by atoms with Gasteiger partial charge in [-0.2, -0.15) is 0 Å². The molecule has 0 saturated heterocycles. The zero-order valence-corrected chi connectivity index (χ0v) is 27.3. The second-order valence-corrected chi connectivity index (χ2v) is 12.9. The molecule has 2 amide bonds. The van der Waals surface area contributed by atoms with Gasteiger partial charge < -0.3 is 20.3 Å². The first-order chi connectivity index (χ1) is 22.7. The molecule has 0 saturated carbocycles. The van der Waals surface area contributed by atoms with Gasteiger partial charge in [0.2, 0.25) is 5.91 Å². The molecule has 1 heterocycles. The smallest absolute Gasteiger partial charge is 0.326 e. The minimum Gasteiger partial charge on any atom is -0.480 e. The molecule has 4 rings (SSSR count). The van der Waals surface area contributed by atoms with Crippen molar-refractivity contribution in [1.29, 1.82) is 0 Å². The molecule has 0 fully saturated rings. The molecule has 4 N–H and O–H groups in total. The maximum Gasteiger partial charge on any atom is 0.326 e. The fraction of sp³-hybridized carbons (Fsp3) is 0.265. The van der Waals surface area contributed by atoms with E-state index >= 15 is 4.39 Å². The molecule has 3 aromatic carbocycles. The van der Waals surface area contributed by atoms with Crippen LogP contribution >= 0.6 is 0 Å². The van der Waals surface area contributed by atoms with Gasteiger partial charge in [0.05, 0.1) is 33.6 Å². The Morgan fingerprint density at radius 1 is 1.10 bits per heavy atom. The van der Waals surface area contributed by atoms with Crippen molar-refractivity contribution in [2.45, 2.75) is 57.5 Å². The summed E-state index contributed by atoms with van der Waals surface area (Å²) in [5, 5.41) is 12.5. The first-order valence-corrected chi connectivity index (χ1v) is 16.3. The maximum absolute atomic E-state index is 15.4. The van der Waals surface area contributed by atoms with Crippen molar-refractivity contribution in [1.82, 2.24) is 20.0 Å². The number of aromatic nitrogens is 2. The highest BCUT2D eigenvalue weighted by molar-refractivity contribution is 7.90. The van der Waals surface area contributed by atoms with Gasteiger partial charge in [-0.05, 0) is 81.1 Å². The van der Waals surface area contributed by atoms with Crippen LogP contribution in [-0.2, 0) is 26.2 Å². The lowest BCUT2D eigenvalue weighted by Crippen LogP contribution is -2.41.